The van der Waals surface area contributed by atoms with Crippen molar-refractivity contribution < 1.29 is 4.21 Å². The summed E-state index contributed by atoms with van der Waals surface area (Å²) < 4.78 is 12.3. The van der Waals surface area contributed by atoms with Gasteiger partial charge < -0.3 is 5.32 Å². The highest BCUT2D eigenvalue weighted by Gasteiger charge is 2.09. The van der Waals surface area contributed by atoms with E-state index in [-0.39, 0.29) is 0 Å². The van der Waals surface area contributed by atoms with Crippen molar-refractivity contribution in [3.05, 3.63) is 29.3 Å². The molecule has 0 aliphatic rings. The molecule has 2 atom stereocenters. The van der Waals surface area contributed by atoms with E-state index in [1.165, 1.54) is 5.56 Å². The zero-order valence-electron chi connectivity index (χ0n) is 12.7. The third kappa shape index (κ3) is 5.45. The monoisotopic (exact) mass is 281 g/mol. The van der Waals surface area contributed by atoms with Crippen molar-refractivity contribution in [1.82, 2.24) is 5.32 Å². The standard InChI is InChI=1S/C16H27NOS/c1-5-15(17-6-2)8-7-11-19(18)16-10-9-13(3)12-14(16)4/h9-10,12,15,17H,5-8,11H2,1-4H3. The third-order valence-electron chi connectivity index (χ3n) is 3.44. The van der Waals surface area contributed by atoms with Crippen LogP contribution in [-0.2, 0) is 10.8 Å². The summed E-state index contributed by atoms with van der Waals surface area (Å²) in [6.07, 6.45) is 3.27. The molecule has 3 heteroatoms. The van der Waals surface area contributed by atoms with Crippen LogP contribution in [0.2, 0.25) is 0 Å². The van der Waals surface area contributed by atoms with E-state index in [9.17, 15) is 4.21 Å². The number of benzene rings is 1. The van der Waals surface area contributed by atoms with Gasteiger partial charge in [-0.1, -0.05) is 31.5 Å². The van der Waals surface area contributed by atoms with E-state index in [4.69, 9.17) is 0 Å². The van der Waals surface area contributed by atoms with Crippen molar-refractivity contribution in [3.8, 4) is 0 Å². The van der Waals surface area contributed by atoms with Crippen LogP contribution in [0, 0.1) is 13.8 Å². The maximum Gasteiger partial charge on any atom is 0.0532 e. The molecule has 0 spiro atoms. The highest BCUT2D eigenvalue weighted by atomic mass is 32.2. The van der Waals surface area contributed by atoms with Gasteiger partial charge in [0.05, 0.1) is 10.8 Å². The van der Waals surface area contributed by atoms with Crippen LogP contribution in [0.5, 0.6) is 0 Å². The molecule has 19 heavy (non-hydrogen) atoms. The molecule has 1 aromatic carbocycles. The first-order valence-electron chi connectivity index (χ1n) is 7.27. The number of hydrogen-bond acceptors (Lipinski definition) is 2. The molecule has 1 rings (SSSR count). The molecule has 0 saturated carbocycles. The number of hydrogen-bond donors (Lipinski definition) is 1. The Morgan fingerprint density at radius 2 is 2.00 bits per heavy atom. The van der Waals surface area contributed by atoms with Gasteiger partial charge in [0.2, 0.25) is 0 Å². The smallest absolute Gasteiger partial charge is 0.0532 e. The highest BCUT2D eigenvalue weighted by molar-refractivity contribution is 7.85. The van der Waals surface area contributed by atoms with E-state index in [1.54, 1.807) is 0 Å². The Labute approximate surface area is 120 Å². The fourth-order valence-corrected chi connectivity index (χ4v) is 3.65. The van der Waals surface area contributed by atoms with Crippen molar-refractivity contribution in [2.24, 2.45) is 0 Å². The van der Waals surface area contributed by atoms with Gasteiger partial charge in [0.25, 0.3) is 0 Å². The summed E-state index contributed by atoms with van der Waals surface area (Å²) in [5, 5.41) is 3.47. The number of nitrogens with one attached hydrogen (secondary N) is 1. The molecule has 108 valence electrons. The van der Waals surface area contributed by atoms with Crippen molar-refractivity contribution in [3.63, 3.8) is 0 Å². The first-order chi connectivity index (χ1) is 9.08. The lowest BCUT2D eigenvalue weighted by molar-refractivity contribution is 0.476. The van der Waals surface area contributed by atoms with Gasteiger partial charge in [-0.2, -0.15) is 0 Å². The summed E-state index contributed by atoms with van der Waals surface area (Å²) in [6.45, 7) is 9.47. The van der Waals surface area contributed by atoms with Crippen molar-refractivity contribution in [1.29, 1.82) is 0 Å². The van der Waals surface area contributed by atoms with Gasteiger partial charge in [-0.15, -0.1) is 0 Å². The molecule has 0 fully saturated rings. The summed E-state index contributed by atoms with van der Waals surface area (Å²) in [4.78, 5) is 1.00. The maximum absolute atomic E-state index is 12.3. The molecule has 0 aliphatic heterocycles. The van der Waals surface area contributed by atoms with Gasteiger partial charge >= 0.3 is 0 Å². The normalized spacial score (nSPS) is 14.3. The molecule has 0 aromatic heterocycles. The average Bonchev–Trinajstić information content (AvgIpc) is 2.37. The lowest BCUT2D eigenvalue weighted by atomic mass is 10.1. The van der Waals surface area contributed by atoms with Gasteiger partial charge in [0.15, 0.2) is 0 Å². The molecular weight excluding hydrogens is 254 g/mol. The Hall–Kier alpha value is -0.670. The van der Waals surface area contributed by atoms with E-state index in [2.05, 4.69) is 32.2 Å². The predicted molar refractivity (Wildman–Crippen MR) is 84.2 cm³/mol. The molecule has 1 aromatic rings. The Balaban J connectivity index is 2.47. The topological polar surface area (TPSA) is 29.1 Å². The fourth-order valence-electron chi connectivity index (χ4n) is 2.36. The van der Waals surface area contributed by atoms with Crippen LogP contribution < -0.4 is 5.32 Å². The molecule has 2 nitrogen and oxygen atoms in total. The maximum atomic E-state index is 12.3. The van der Waals surface area contributed by atoms with E-state index in [1.807, 2.05) is 19.1 Å². The van der Waals surface area contributed by atoms with Crippen LogP contribution >= 0.6 is 0 Å². The molecule has 1 N–H and O–H groups in total. The predicted octanol–water partition coefficient (Wildman–Crippen LogP) is 3.58. The minimum absolute atomic E-state index is 0.570. The second-order valence-corrected chi connectivity index (χ2v) is 6.66. The van der Waals surface area contributed by atoms with Crippen LogP contribution in [0.3, 0.4) is 0 Å². The van der Waals surface area contributed by atoms with Gasteiger partial charge in [-0.25, -0.2) is 0 Å². The van der Waals surface area contributed by atoms with E-state index < -0.39 is 10.8 Å². The number of rotatable bonds is 8. The Morgan fingerprint density at radius 3 is 2.58 bits per heavy atom. The molecule has 0 radical (unpaired) electrons. The molecule has 0 bridgehead atoms. The minimum Gasteiger partial charge on any atom is -0.314 e. The summed E-state index contributed by atoms with van der Waals surface area (Å²) in [5.41, 5.74) is 2.38. The minimum atomic E-state index is -0.853. The second-order valence-electron chi connectivity index (χ2n) is 5.12. The van der Waals surface area contributed by atoms with Crippen molar-refractivity contribution >= 4 is 10.8 Å². The third-order valence-corrected chi connectivity index (χ3v) is 5.05. The van der Waals surface area contributed by atoms with Crippen LogP contribution in [-0.4, -0.2) is 22.5 Å². The average molecular weight is 281 g/mol. The van der Waals surface area contributed by atoms with Crippen LogP contribution in [0.25, 0.3) is 0 Å². The van der Waals surface area contributed by atoms with Gasteiger partial charge in [0, 0.05) is 16.7 Å². The van der Waals surface area contributed by atoms with Gasteiger partial charge in [0.1, 0.15) is 0 Å². The quantitative estimate of drug-likeness (QED) is 0.789. The van der Waals surface area contributed by atoms with Gasteiger partial charge in [-0.3, -0.25) is 4.21 Å². The Morgan fingerprint density at radius 1 is 1.26 bits per heavy atom. The molecule has 0 saturated heterocycles. The van der Waals surface area contributed by atoms with Crippen LogP contribution in [0.4, 0.5) is 0 Å². The largest absolute Gasteiger partial charge is 0.314 e. The van der Waals surface area contributed by atoms with Crippen molar-refractivity contribution in [2.75, 3.05) is 12.3 Å². The summed E-state index contributed by atoms with van der Waals surface area (Å²) in [5.74, 6) is 0.770. The fraction of sp³-hybridized carbons (Fsp3) is 0.625. The second kappa shape index (κ2) is 8.49. The lowest BCUT2D eigenvalue weighted by Gasteiger charge is -2.15. The van der Waals surface area contributed by atoms with Crippen LogP contribution in [0.1, 0.15) is 44.2 Å². The zero-order chi connectivity index (χ0) is 14.3. The zero-order valence-corrected chi connectivity index (χ0v) is 13.5. The lowest BCUT2D eigenvalue weighted by Crippen LogP contribution is -2.28. The van der Waals surface area contributed by atoms with Crippen molar-refractivity contribution in [2.45, 2.75) is 57.9 Å². The first kappa shape index (κ1) is 16.4. The summed E-state index contributed by atoms with van der Waals surface area (Å²) >= 11 is 0. The van der Waals surface area contributed by atoms with Crippen LogP contribution in [0.15, 0.2) is 23.1 Å². The SMILES string of the molecule is CCNC(CC)CCCS(=O)c1ccc(C)cc1C. The van der Waals surface area contributed by atoms with E-state index >= 15 is 0 Å². The Kier molecular flexibility index (Phi) is 7.32. The van der Waals surface area contributed by atoms with E-state index in [0.29, 0.717) is 6.04 Å². The molecule has 2 unspecified atom stereocenters. The first-order valence-corrected chi connectivity index (χ1v) is 8.59. The molecule has 0 amide bonds. The molecular formula is C16H27NOS. The molecule has 0 heterocycles. The Bertz CT molecular complexity index is 417. The number of aryl methyl sites for hydroxylation is 2. The van der Waals surface area contributed by atoms with Gasteiger partial charge in [-0.05, 0) is 51.3 Å². The summed E-state index contributed by atoms with van der Waals surface area (Å²) in [7, 11) is -0.853. The summed E-state index contributed by atoms with van der Waals surface area (Å²) in [6, 6.07) is 6.75. The molecule has 0 aliphatic carbocycles. The highest BCUT2D eigenvalue weighted by Crippen LogP contribution is 2.16. The van der Waals surface area contributed by atoms with E-state index in [0.717, 1.165) is 42.0 Å².